The van der Waals surface area contributed by atoms with Crippen LogP contribution in [-0.2, 0) is 6.54 Å². The van der Waals surface area contributed by atoms with Gasteiger partial charge in [0.25, 0.3) is 5.91 Å². The van der Waals surface area contributed by atoms with Crippen molar-refractivity contribution < 1.29 is 4.79 Å². The summed E-state index contributed by atoms with van der Waals surface area (Å²) in [6, 6.07) is 2.10. The minimum absolute atomic E-state index is 0.00505. The van der Waals surface area contributed by atoms with Gasteiger partial charge in [-0.2, -0.15) is 0 Å². The van der Waals surface area contributed by atoms with E-state index in [4.69, 9.17) is 5.73 Å². The fraction of sp³-hybridized carbons (Fsp3) is 0.583. The molecule has 0 aliphatic heterocycles. The third-order valence-corrected chi connectivity index (χ3v) is 3.18. The van der Waals surface area contributed by atoms with Gasteiger partial charge in [-0.1, -0.05) is 12.8 Å². The number of carbonyl (C=O) groups excluding carboxylic acids is 1. The smallest absolute Gasteiger partial charge is 0.268 e. The SMILES string of the molecule is CCn1cc(N)cc1C(=O)NC1CCCC1. The Bertz CT molecular complexity index is 378. The lowest BCUT2D eigenvalue weighted by Gasteiger charge is -2.12. The number of rotatable bonds is 3. The molecule has 16 heavy (non-hydrogen) atoms. The zero-order valence-corrected chi connectivity index (χ0v) is 9.70. The molecule has 1 saturated carbocycles. The number of aryl methyl sites for hydroxylation is 1. The van der Waals surface area contributed by atoms with E-state index in [2.05, 4.69) is 5.32 Å². The molecule has 0 saturated heterocycles. The number of amides is 1. The maximum Gasteiger partial charge on any atom is 0.268 e. The van der Waals surface area contributed by atoms with Gasteiger partial charge in [0.2, 0.25) is 0 Å². The van der Waals surface area contributed by atoms with E-state index in [-0.39, 0.29) is 5.91 Å². The normalized spacial score (nSPS) is 16.6. The van der Waals surface area contributed by atoms with Crippen LogP contribution in [0.15, 0.2) is 12.3 Å². The Hall–Kier alpha value is -1.45. The molecular formula is C12H19N3O. The summed E-state index contributed by atoms with van der Waals surface area (Å²) in [6.07, 6.45) is 6.47. The van der Waals surface area contributed by atoms with Crippen LogP contribution in [0.25, 0.3) is 0 Å². The Morgan fingerprint density at radius 2 is 2.25 bits per heavy atom. The van der Waals surface area contributed by atoms with Gasteiger partial charge in [-0.25, -0.2) is 0 Å². The molecule has 1 heterocycles. The van der Waals surface area contributed by atoms with Crippen molar-refractivity contribution in [1.29, 1.82) is 0 Å². The second-order valence-electron chi connectivity index (χ2n) is 4.40. The highest BCUT2D eigenvalue weighted by atomic mass is 16.2. The van der Waals surface area contributed by atoms with Gasteiger partial charge < -0.3 is 15.6 Å². The fourth-order valence-corrected chi connectivity index (χ4v) is 2.31. The predicted molar refractivity (Wildman–Crippen MR) is 64.2 cm³/mol. The zero-order chi connectivity index (χ0) is 11.5. The highest BCUT2D eigenvalue weighted by Gasteiger charge is 2.19. The molecule has 2 rings (SSSR count). The Morgan fingerprint density at radius 1 is 1.56 bits per heavy atom. The Balaban J connectivity index is 2.07. The summed E-state index contributed by atoms with van der Waals surface area (Å²) in [5, 5.41) is 3.07. The number of nitrogens with one attached hydrogen (secondary N) is 1. The first-order valence-corrected chi connectivity index (χ1v) is 5.97. The number of carbonyl (C=O) groups is 1. The summed E-state index contributed by atoms with van der Waals surface area (Å²) >= 11 is 0. The molecule has 4 heteroatoms. The van der Waals surface area contributed by atoms with Crippen molar-refractivity contribution >= 4 is 11.6 Å². The van der Waals surface area contributed by atoms with E-state index in [0.29, 0.717) is 17.4 Å². The topological polar surface area (TPSA) is 60.0 Å². The van der Waals surface area contributed by atoms with E-state index in [1.54, 1.807) is 6.07 Å². The van der Waals surface area contributed by atoms with Crippen molar-refractivity contribution in [2.24, 2.45) is 0 Å². The molecule has 1 fully saturated rings. The summed E-state index contributed by atoms with van der Waals surface area (Å²) in [5.74, 6) is 0.00505. The lowest BCUT2D eigenvalue weighted by atomic mass is 10.2. The first kappa shape index (κ1) is 11.0. The Labute approximate surface area is 95.8 Å². The van der Waals surface area contributed by atoms with Gasteiger partial charge in [0, 0.05) is 18.8 Å². The molecule has 0 bridgehead atoms. The first-order chi connectivity index (χ1) is 7.70. The van der Waals surface area contributed by atoms with Gasteiger partial charge in [-0.05, 0) is 25.8 Å². The molecule has 0 spiro atoms. The van der Waals surface area contributed by atoms with Crippen LogP contribution in [-0.4, -0.2) is 16.5 Å². The average Bonchev–Trinajstić information content (AvgIpc) is 2.86. The molecule has 1 amide bonds. The quantitative estimate of drug-likeness (QED) is 0.817. The van der Waals surface area contributed by atoms with Crippen molar-refractivity contribution in [2.45, 2.75) is 45.2 Å². The lowest BCUT2D eigenvalue weighted by Crippen LogP contribution is -2.33. The van der Waals surface area contributed by atoms with E-state index in [9.17, 15) is 4.79 Å². The predicted octanol–water partition coefficient (Wildman–Crippen LogP) is 1.76. The largest absolute Gasteiger partial charge is 0.397 e. The molecule has 1 aromatic rings. The van der Waals surface area contributed by atoms with Gasteiger partial charge >= 0.3 is 0 Å². The maximum atomic E-state index is 12.0. The average molecular weight is 221 g/mol. The second kappa shape index (κ2) is 4.60. The highest BCUT2D eigenvalue weighted by Crippen LogP contribution is 2.18. The molecule has 1 aliphatic carbocycles. The summed E-state index contributed by atoms with van der Waals surface area (Å²) in [4.78, 5) is 12.0. The molecule has 4 nitrogen and oxygen atoms in total. The second-order valence-corrected chi connectivity index (χ2v) is 4.40. The monoisotopic (exact) mass is 221 g/mol. The van der Waals surface area contributed by atoms with E-state index >= 15 is 0 Å². The summed E-state index contributed by atoms with van der Waals surface area (Å²) in [7, 11) is 0. The van der Waals surface area contributed by atoms with Gasteiger partial charge in [-0.15, -0.1) is 0 Å². The van der Waals surface area contributed by atoms with Crippen molar-refractivity contribution in [2.75, 3.05) is 5.73 Å². The van der Waals surface area contributed by atoms with Crippen LogP contribution in [0.5, 0.6) is 0 Å². The van der Waals surface area contributed by atoms with Crippen molar-refractivity contribution in [3.8, 4) is 0 Å². The van der Waals surface area contributed by atoms with Gasteiger partial charge in [0.1, 0.15) is 5.69 Å². The van der Waals surface area contributed by atoms with E-state index < -0.39 is 0 Å². The maximum absolute atomic E-state index is 12.0. The molecule has 1 aromatic heterocycles. The number of nitrogens with zero attached hydrogens (tertiary/aromatic N) is 1. The number of nitrogen functional groups attached to an aromatic ring is 1. The standard InChI is InChI=1S/C12H19N3O/c1-2-15-8-9(13)7-11(15)12(16)14-10-5-3-4-6-10/h7-8,10H,2-6,13H2,1H3,(H,14,16). The molecule has 88 valence electrons. The third kappa shape index (κ3) is 2.21. The molecule has 0 radical (unpaired) electrons. The van der Waals surface area contributed by atoms with Gasteiger partial charge in [-0.3, -0.25) is 4.79 Å². The van der Waals surface area contributed by atoms with Crippen LogP contribution in [0.1, 0.15) is 43.1 Å². The molecule has 0 atom stereocenters. The van der Waals surface area contributed by atoms with E-state index in [1.165, 1.54) is 12.8 Å². The number of nitrogens with two attached hydrogens (primary N) is 1. The van der Waals surface area contributed by atoms with Gasteiger partial charge in [0.05, 0.1) is 5.69 Å². The number of aromatic nitrogens is 1. The minimum Gasteiger partial charge on any atom is -0.397 e. The van der Waals surface area contributed by atoms with Crippen LogP contribution in [0.3, 0.4) is 0 Å². The lowest BCUT2D eigenvalue weighted by molar-refractivity contribution is 0.0928. The molecule has 0 aromatic carbocycles. The van der Waals surface area contributed by atoms with Crippen LogP contribution in [0, 0.1) is 0 Å². The molecule has 0 unspecified atom stereocenters. The summed E-state index contributed by atoms with van der Waals surface area (Å²) in [5.41, 5.74) is 7.02. The molecule has 1 aliphatic rings. The van der Waals surface area contributed by atoms with Crippen molar-refractivity contribution in [1.82, 2.24) is 9.88 Å². The molecule has 3 N–H and O–H groups in total. The fourth-order valence-electron chi connectivity index (χ4n) is 2.31. The van der Waals surface area contributed by atoms with E-state index in [0.717, 1.165) is 19.4 Å². The van der Waals surface area contributed by atoms with Crippen LogP contribution < -0.4 is 11.1 Å². The highest BCUT2D eigenvalue weighted by molar-refractivity contribution is 5.94. The summed E-state index contributed by atoms with van der Waals surface area (Å²) in [6.45, 7) is 2.77. The number of anilines is 1. The number of hydrogen-bond acceptors (Lipinski definition) is 2. The number of hydrogen-bond donors (Lipinski definition) is 2. The summed E-state index contributed by atoms with van der Waals surface area (Å²) < 4.78 is 1.89. The molecular weight excluding hydrogens is 202 g/mol. The third-order valence-electron chi connectivity index (χ3n) is 3.18. The first-order valence-electron chi connectivity index (χ1n) is 5.97. The van der Waals surface area contributed by atoms with Crippen molar-refractivity contribution in [3.05, 3.63) is 18.0 Å². The minimum atomic E-state index is 0.00505. The van der Waals surface area contributed by atoms with Crippen LogP contribution in [0.2, 0.25) is 0 Å². The van der Waals surface area contributed by atoms with Crippen molar-refractivity contribution in [3.63, 3.8) is 0 Å². The van der Waals surface area contributed by atoms with Crippen LogP contribution >= 0.6 is 0 Å². The van der Waals surface area contributed by atoms with E-state index in [1.807, 2.05) is 17.7 Å². The van der Waals surface area contributed by atoms with Gasteiger partial charge in [0.15, 0.2) is 0 Å². The Morgan fingerprint density at radius 3 is 2.88 bits per heavy atom. The van der Waals surface area contributed by atoms with Crippen LogP contribution in [0.4, 0.5) is 5.69 Å². The Kier molecular flexibility index (Phi) is 3.17. The zero-order valence-electron chi connectivity index (χ0n) is 9.70.